The van der Waals surface area contributed by atoms with Crippen molar-refractivity contribution in [3.8, 4) is 11.5 Å². The summed E-state index contributed by atoms with van der Waals surface area (Å²) in [6.07, 6.45) is 1.34. The van der Waals surface area contributed by atoms with Crippen LogP contribution in [0.2, 0.25) is 0 Å². The Hall–Kier alpha value is -2.80. The van der Waals surface area contributed by atoms with Gasteiger partial charge in [0.25, 0.3) is 0 Å². The van der Waals surface area contributed by atoms with E-state index < -0.39 is 5.91 Å². The van der Waals surface area contributed by atoms with Crippen molar-refractivity contribution in [2.75, 3.05) is 6.61 Å². The van der Waals surface area contributed by atoms with Gasteiger partial charge < -0.3 is 14.3 Å². The van der Waals surface area contributed by atoms with E-state index in [0.717, 1.165) is 9.86 Å². The Bertz CT molecular complexity index is 916. The van der Waals surface area contributed by atoms with Crippen molar-refractivity contribution in [1.29, 1.82) is 0 Å². The van der Waals surface area contributed by atoms with Crippen LogP contribution in [0.3, 0.4) is 0 Å². The molecule has 1 amide bonds. The van der Waals surface area contributed by atoms with Crippen LogP contribution in [0.5, 0.6) is 11.5 Å². The predicted octanol–water partition coefficient (Wildman–Crippen LogP) is 4.06. The number of rotatable bonds is 5. The number of hydrazone groups is 1. The van der Waals surface area contributed by atoms with Gasteiger partial charge in [0, 0.05) is 15.4 Å². The molecule has 0 aliphatic rings. The van der Waals surface area contributed by atoms with Crippen LogP contribution >= 0.6 is 15.9 Å². The number of fused-ring (bicyclic) bond motifs is 1. The van der Waals surface area contributed by atoms with E-state index >= 15 is 0 Å². The second-order valence-corrected chi connectivity index (χ2v) is 6.04. The van der Waals surface area contributed by atoms with E-state index in [1.165, 1.54) is 6.21 Å². The van der Waals surface area contributed by atoms with Crippen molar-refractivity contribution in [2.24, 2.45) is 5.10 Å². The van der Waals surface area contributed by atoms with Crippen LogP contribution in [-0.4, -0.2) is 23.8 Å². The van der Waals surface area contributed by atoms with Gasteiger partial charge in [-0.25, -0.2) is 5.43 Å². The van der Waals surface area contributed by atoms with Crippen LogP contribution in [0.25, 0.3) is 11.0 Å². The molecule has 0 unspecified atom stereocenters. The van der Waals surface area contributed by atoms with E-state index in [4.69, 9.17) is 9.15 Å². The number of halogens is 1. The van der Waals surface area contributed by atoms with Gasteiger partial charge in [-0.05, 0) is 31.2 Å². The third-order valence-corrected chi connectivity index (χ3v) is 3.85. The summed E-state index contributed by atoms with van der Waals surface area (Å²) < 4.78 is 11.5. The highest BCUT2D eigenvalue weighted by Gasteiger charge is 2.12. The molecule has 0 saturated carbocycles. The Labute approximate surface area is 152 Å². The predicted molar refractivity (Wildman–Crippen MR) is 98.3 cm³/mol. The van der Waals surface area contributed by atoms with Gasteiger partial charge in [0.1, 0.15) is 5.58 Å². The number of hydrogen-bond donors (Lipinski definition) is 2. The van der Waals surface area contributed by atoms with E-state index in [-0.39, 0.29) is 11.5 Å². The molecule has 1 heterocycles. The molecule has 2 N–H and O–H groups in total. The fraction of sp³-hybridized carbons (Fsp3) is 0.111. The average molecular weight is 403 g/mol. The smallest absolute Gasteiger partial charge is 0.307 e. The van der Waals surface area contributed by atoms with Crippen molar-refractivity contribution in [3.63, 3.8) is 0 Å². The fourth-order valence-corrected chi connectivity index (χ4v) is 2.72. The molecular weight excluding hydrogens is 388 g/mol. The normalized spacial score (nSPS) is 11.1. The van der Waals surface area contributed by atoms with Crippen LogP contribution in [0.1, 0.15) is 23.0 Å². The van der Waals surface area contributed by atoms with Crippen molar-refractivity contribution >= 4 is 39.0 Å². The number of benzene rings is 2. The molecule has 1 aromatic heterocycles. The minimum absolute atomic E-state index is 0.0493. The molecule has 0 radical (unpaired) electrons. The van der Waals surface area contributed by atoms with Crippen molar-refractivity contribution in [2.45, 2.75) is 6.92 Å². The highest BCUT2D eigenvalue weighted by atomic mass is 79.9. The average Bonchev–Trinajstić information content (AvgIpc) is 3.03. The summed E-state index contributed by atoms with van der Waals surface area (Å²) in [4.78, 5) is 12.1. The summed E-state index contributed by atoms with van der Waals surface area (Å²) in [7, 11) is 0. The Balaban J connectivity index is 1.75. The molecule has 128 valence electrons. The summed E-state index contributed by atoms with van der Waals surface area (Å²) in [5, 5.41) is 14.9. The molecule has 0 bridgehead atoms. The highest BCUT2D eigenvalue weighted by Crippen LogP contribution is 2.32. The lowest BCUT2D eigenvalue weighted by Gasteiger charge is -2.08. The van der Waals surface area contributed by atoms with Gasteiger partial charge in [0.15, 0.2) is 17.3 Å². The number of phenolic OH excluding ortho intramolecular Hbond substituents is 1. The lowest BCUT2D eigenvalue weighted by Crippen LogP contribution is -2.16. The standard InChI is InChI=1S/C18H15BrN2O4/c1-2-24-15-9-13(19)7-12(17(15)22)10-20-21-18(23)16-8-11-5-3-4-6-14(11)25-16/h3-10,22H,2H2,1H3,(H,21,23)/b20-10+. The highest BCUT2D eigenvalue weighted by molar-refractivity contribution is 9.10. The maximum Gasteiger partial charge on any atom is 0.307 e. The monoisotopic (exact) mass is 402 g/mol. The fourth-order valence-electron chi connectivity index (χ4n) is 2.27. The minimum Gasteiger partial charge on any atom is -0.504 e. The lowest BCUT2D eigenvalue weighted by atomic mass is 10.2. The molecule has 0 spiro atoms. The second-order valence-electron chi connectivity index (χ2n) is 5.12. The van der Waals surface area contributed by atoms with Gasteiger partial charge >= 0.3 is 5.91 Å². The SMILES string of the molecule is CCOc1cc(Br)cc(/C=N/NC(=O)c2cc3ccccc3o2)c1O. The zero-order valence-electron chi connectivity index (χ0n) is 13.3. The lowest BCUT2D eigenvalue weighted by molar-refractivity contribution is 0.0929. The van der Waals surface area contributed by atoms with Crippen molar-refractivity contribution in [1.82, 2.24) is 5.43 Å². The first kappa shape index (κ1) is 17.0. The molecule has 0 atom stereocenters. The molecule has 3 rings (SSSR count). The largest absolute Gasteiger partial charge is 0.504 e. The first-order valence-corrected chi connectivity index (χ1v) is 8.35. The number of carbonyl (C=O) groups is 1. The third-order valence-electron chi connectivity index (χ3n) is 3.39. The van der Waals surface area contributed by atoms with Crippen LogP contribution < -0.4 is 10.2 Å². The minimum atomic E-state index is -0.480. The van der Waals surface area contributed by atoms with Gasteiger partial charge in [-0.3, -0.25) is 4.79 Å². The summed E-state index contributed by atoms with van der Waals surface area (Å²) in [5.41, 5.74) is 3.41. The molecule has 6 nitrogen and oxygen atoms in total. The molecule has 7 heteroatoms. The zero-order chi connectivity index (χ0) is 17.8. The molecule has 0 aliphatic carbocycles. The number of furan rings is 1. The van der Waals surface area contributed by atoms with E-state index in [1.807, 2.05) is 25.1 Å². The third kappa shape index (κ3) is 3.83. The van der Waals surface area contributed by atoms with Crippen LogP contribution in [-0.2, 0) is 0 Å². The molecule has 0 fully saturated rings. The molecule has 0 aliphatic heterocycles. The Morgan fingerprint density at radius 1 is 1.36 bits per heavy atom. The van der Waals surface area contributed by atoms with E-state index in [9.17, 15) is 9.90 Å². The number of nitrogens with one attached hydrogen (secondary N) is 1. The van der Waals surface area contributed by atoms with Crippen molar-refractivity contribution in [3.05, 3.63) is 58.3 Å². The van der Waals surface area contributed by atoms with Gasteiger partial charge in [0.05, 0.1) is 12.8 Å². The number of ether oxygens (including phenoxy) is 1. The summed E-state index contributed by atoms with van der Waals surface area (Å²) in [5.74, 6) is -0.0347. The first-order chi connectivity index (χ1) is 12.1. The summed E-state index contributed by atoms with van der Waals surface area (Å²) in [6.45, 7) is 2.24. The Morgan fingerprint density at radius 2 is 2.16 bits per heavy atom. The molecule has 25 heavy (non-hydrogen) atoms. The maximum absolute atomic E-state index is 12.1. The zero-order valence-corrected chi connectivity index (χ0v) is 14.9. The van der Waals surface area contributed by atoms with E-state index in [0.29, 0.717) is 23.5 Å². The maximum atomic E-state index is 12.1. The second kappa shape index (κ2) is 7.40. The van der Waals surface area contributed by atoms with Crippen molar-refractivity contribution < 1.29 is 19.1 Å². The van der Waals surface area contributed by atoms with Gasteiger partial charge in [-0.2, -0.15) is 5.10 Å². The molecule has 2 aromatic carbocycles. The Kier molecular flexibility index (Phi) is 5.04. The topological polar surface area (TPSA) is 84.1 Å². The number of hydrogen-bond acceptors (Lipinski definition) is 5. The number of carbonyl (C=O) groups excluding carboxylic acids is 1. The molecule has 3 aromatic rings. The van der Waals surface area contributed by atoms with E-state index in [2.05, 4.69) is 26.5 Å². The van der Waals surface area contributed by atoms with Gasteiger partial charge in [-0.15, -0.1) is 0 Å². The Morgan fingerprint density at radius 3 is 2.92 bits per heavy atom. The number of nitrogens with zero attached hydrogens (tertiary/aromatic N) is 1. The van der Waals surface area contributed by atoms with E-state index in [1.54, 1.807) is 24.3 Å². The van der Waals surface area contributed by atoms with Crippen LogP contribution in [0.4, 0.5) is 0 Å². The number of phenols is 1. The molecular formula is C18H15BrN2O4. The quantitative estimate of drug-likeness (QED) is 0.497. The van der Waals surface area contributed by atoms with Crippen LogP contribution in [0, 0.1) is 0 Å². The summed E-state index contributed by atoms with van der Waals surface area (Å²) in [6, 6.07) is 12.3. The number of aromatic hydroxyl groups is 1. The first-order valence-electron chi connectivity index (χ1n) is 7.55. The molecule has 0 saturated heterocycles. The number of amides is 1. The van der Waals surface area contributed by atoms with Gasteiger partial charge in [0.2, 0.25) is 0 Å². The van der Waals surface area contributed by atoms with Gasteiger partial charge in [-0.1, -0.05) is 34.1 Å². The summed E-state index contributed by atoms with van der Waals surface area (Å²) >= 11 is 3.34. The number of para-hydroxylation sites is 1. The van der Waals surface area contributed by atoms with Crippen LogP contribution in [0.15, 0.2) is 56.5 Å².